The van der Waals surface area contributed by atoms with Gasteiger partial charge in [-0.1, -0.05) is 0 Å². The van der Waals surface area contributed by atoms with E-state index in [1.165, 1.54) is 0 Å². The summed E-state index contributed by atoms with van der Waals surface area (Å²) in [7, 11) is 0. The average Bonchev–Trinajstić information content (AvgIpc) is 2.04. The first kappa shape index (κ1) is 8.68. The van der Waals surface area contributed by atoms with Crippen LogP contribution in [0.15, 0.2) is 22.8 Å². The number of Topliss-reactive ketones (excluding diaryl/α,β-unsaturated/α-hetero) is 1. The number of nitrogens with zero attached hydrogens (tertiary/aromatic N) is 1. The maximum atomic E-state index is 11.0. The second-order valence-corrected chi connectivity index (χ2v) is 3.01. The van der Waals surface area contributed by atoms with Crippen LogP contribution in [0.2, 0.25) is 0 Å². The fourth-order valence-electron chi connectivity index (χ4n) is 0.654. The molecule has 1 aromatic rings. The molecule has 4 heteroatoms. The van der Waals surface area contributed by atoms with E-state index in [2.05, 4.69) is 20.9 Å². The van der Waals surface area contributed by atoms with Gasteiger partial charge in [-0.25, -0.2) is 0 Å². The second kappa shape index (κ2) is 3.83. The highest BCUT2D eigenvalue weighted by Crippen LogP contribution is 2.13. The van der Waals surface area contributed by atoms with E-state index in [9.17, 15) is 4.79 Å². The lowest BCUT2D eigenvalue weighted by Crippen LogP contribution is -2.03. The molecule has 0 fully saturated rings. The molecule has 0 aliphatic heterocycles. The van der Waals surface area contributed by atoms with Gasteiger partial charge in [0.2, 0.25) is 0 Å². The number of hydrogen-bond donors (Lipinski definition) is 0. The number of carbonyl (C=O) groups excluding carboxylic acids is 1. The largest absolute Gasteiger partial charge is 0.291 e. The third-order valence-corrected chi connectivity index (χ3v) is 2.03. The first-order valence-corrected chi connectivity index (χ1v) is 4.28. The van der Waals surface area contributed by atoms with Gasteiger partial charge in [0.15, 0.2) is 5.78 Å². The number of pyridine rings is 1. The number of halogens is 2. The van der Waals surface area contributed by atoms with Gasteiger partial charge in [-0.15, -0.1) is 11.6 Å². The standard InChI is InChI=1S/C7H5BrClNO/c8-5-2-1-3-10-7(5)6(11)4-9/h1-3H,4H2. The van der Waals surface area contributed by atoms with Gasteiger partial charge in [-0.05, 0) is 28.1 Å². The smallest absolute Gasteiger partial charge is 0.197 e. The highest BCUT2D eigenvalue weighted by molar-refractivity contribution is 9.10. The van der Waals surface area contributed by atoms with Crippen molar-refractivity contribution < 1.29 is 4.79 Å². The van der Waals surface area contributed by atoms with Crippen molar-refractivity contribution in [1.29, 1.82) is 0 Å². The monoisotopic (exact) mass is 233 g/mol. The van der Waals surface area contributed by atoms with Crippen LogP contribution < -0.4 is 0 Å². The van der Waals surface area contributed by atoms with E-state index in [1.54, 1.807) is 18.3 Å². The van der Waals surface area contributed by atoms with E-state index in [0.717, 1.165) is 0 Å². The van der Waals surface area contributed by atoms with Crippen molar-refractivity contribution in [2.45, 2.75) is 0 Å². The quantitative estimate of drug-likeness (QED) is 0.580. The molecule has 0 aliphatic rings. The maximum Gasteiger partial charge on any atom is 0.197 e. The Balaban J connectivity index is 3.03. The van der Waals surface area contributed by atoms with Crippen molar-refractivity contribution in [3.05, 3.63) is 28.5 Å². The summed E-state index contributed by atoms with van der Waals surface area (Å²) in [4.78, 5) is 14.9. The van der Waals surface area contributed by atoms with Gasteiger partial charge >= 0.3 is 0 Å². The van der Waals surface area contributed by atoms with Crippen LogP contribution in [0.5, 0.6) is 0 Å². The molecule has 0 unspecified atom stereocenters. The highest BCUT2D eigenvalue weighted by Gasteiger charge is 2.08. The summed E-state index contributed by atoms with van der Waals surface area (Å²) in [5.41, 5.74) is 0.391. The van der Waals surface area contributed by atoms with Gasteiger partial charge in [0.25, 0.3) is 0 Å². The Morgan fingerprint density at radius 3 is 3.00 bits per heavy atom. The summed E-state index contributed by atoms with van der Waals surface area (Å²) in [6.45, 7) is 0. The highest BCUT2D eigenvalue weighted by atomic mass is 79.9. The van der Waals surface area contributed by atoms with Crippen molar-refractivity contribution in [3.8, 4) is 0 Å². The number of hydrogen-bond acceptors (Lipinski definition) is 2. The van der Waals surface area contributed by atoms with Crippen molar-refractivity contribution in [1.82, 2.24) is 4.98 Å². The normalized spacial score (nSPS) is 9.64. The lowest BCUT2D eigenvalue weighted by atomic mass is 10.3. The molecule has 2 nitrogen and oxygen atoms in total. The summed E-state index contributed by atoms with van der Waals surface area (Å²) >= 11 is 8.54. The first-order chi connectivity index (χ1) is 5.25. The predicted molar refractivity (Wildman–Crippen MR) is 47.0 cm³/mol. The molecule has 0 spiro atoms. The minimum absolute atomic E-state index is 0.0321. The zero-order valence-corrected chi connectivity index (χ0v) is 7.89. The number of ketones is 1. The van der Waals surface area contributed by atoms with Crippen LogP contribution in [0.3, 0.4) is 0 Å². The van der Waals surface area contributed by atoms with Crippen molar-refractivity contribution in [3.63, 3.8) is 0 Å². The molecular weight excluding hydrogens is 229 g/mol. The molecule has 0 radical (unpaired) electrons. The zero-order chi connectivity index (χ0) is 8.27. The molecule has 1 aromatic heterocycles. The van der Waals surface area contributed by atoms with Crippen LogP contribution in [0, 0.1) is 0 Å². The third kappa shape index (κ3) is 2.01. The SMILES string of the molecule is O=C(CCl)c1ncccc1Br. The van der Waals surface area contributed by atoms with Crippen LogP contribution in [0.25, 0.3) is 0 Å². The zero-order valence-electron chi connectivity index (χ0n) is 5.55. The number of rotatable bonds is 2. The van der Waals surface area contributed by atoms with Crippen molar-refractivity contribution >= 4 is 33.3 Å². The summed E-state index contributed by atoms with van der Waals surface area (Å²) in [5, 5.41) is 0. The fraction of sp³-hybridized carbons (Fsp3) is 0.143. The van der Waals surface area contributed by atoms with Gasteiger partial charge in [-0.3, -0.25) is 9.78 Å². The Kier molecular flexibility index (Phi) is 3.02. The summed E-state index contributed by atoms with van der Waals surface area (Å²) in [6.07, 6.45) is 1.56. The molecule has 58 valence electrons. The minimum Gasteiger partial charge on any atom is -0.291 e. The van der Waals surface area contributed by atoms with Crippen molar-refractivity contribution in [2.24, 2.45) is 0 Å². The Morgan fingerprint density at radius 2 is 2.45 bits per heavy atom. The molecule has 1 rings (SSSR count). The van der Waals surface area contributed by atoms with E-state index in [-0.39, 0.29) is 11.7 Å². The topological polar surface area (TPSA) is 30.0 Å². The number of alkyl halides is 1. The summed E-state index contributed by atoms with van der Waals surface area (Å²) < 4.78 is 0.686. The van der Waals surface area contributed by atoms with Crippen LogP contribution in [0.4, 0.5) is 0 Å². The summed E-state index contributed by atoms with van der Waals surface area (Å²) in [6, 6.07) is 3.50. The van der Waals surface area contributed by atoms with Gasteiger partial charge in [0.1, 0.15) is 5.69 Å². The molecule has 1 heterocycles. The molecule has 0 N–H and O–H groups in total. The Bertz CT molecular complexity index is 277. The van der Waals surface area contributed by atoms with Gasteiger partial charge in [0, 0.05) is 10.7 Å². The van der Waals surface area contributed by atoms with Crippen LogP contribution in [-0.2, 0) is 0 Å². The van der Waals surface area contributed by atoms with E-state index in [0.29, 0.717) is 10.2 Å². The number of aromatic nitrogens is 1. The minimum atomic E-state index is -0.167. The van der Waals surface area contributed by atoms with E-state index < -0.39 is 0 Å². The molecule has 11 heavy (non-hydrogen) atoms. The predicted octanol–water partition coefficient (Wildman–Crippen LogP) is 2.27. The van der Waals surface area contributed by atoms with Crippen LogP contribution >= 0.6 is 27.5 Å². The van der Waals surface area contributed by atoms with Gasteiger partial charge < -0.3 is 0 Å². The van der Waals surface area contributed by atoms with Crippen molar-refractivity contribution in [2.75, 3.05) is 5.88 Å². The van der Waals surface area contributed by atoms with Crippen LogP contribution in [-0.4, -0.2) is 16.6 Å². The molecular formula is C7H5BrClNO. The lowest BCUT2D eigenvalue weighted by Gasteiger charge is -1.96. The molecule has 0 aliphatic carbocycles. The average molecular weight is 234 g/mol. The fourth-order valence-corrected chi connectivity index (χ4v) is 1.26. The third-order valence-electron chi connectivity index (χ3n) is 1.14. The van der Waals surface area contributed by atoms with Gasteiger partial charge in [0.05, 0.1) is 5.88 Å². The summed E-state index contributed by atoms with van der Waals surface area (Å²) in [5.74, 6) is -0.200. The second-order valence-electron chi connectivity index (χ2n) is 1.89. The molecule has 0 bridgehead atoms. The van der Waals surface area contributed by atoms with E-state index >= 15 is 0 Å². The molecule has 0 atom stereocenters. The Labute approximate surface area is 77.7 Å². The molecule has 0 aromatic carbocycles. The van der Waals surface area contributed by atoms with E-state index in [1.807, 2.05) is 0 Å². The van der Waals surface area contributed by atoms with E-state index in [4.69, 9.17) is 11.6 Å². The maximum absolute atomic E-state index is 11.0. The first-order valence-electron chi connectivity index (χ1n) is 2.95. The molecule has 0 amide bonds. The molecule has 0 saturated heterocycles. The van der Waals surface area contributed by atoms with Gasteiger partial charge in [-0.2, -0.15) is 0 Å². The Hall–Kier alpha value is -0.410. The van der Waals surface area contributed by atoms with Crippen LogP contribution in [0.1, 0.15) is 10.5 Å². The number of carbonyl (C=O) groups is 1. The molecule has 0 saturated carbocycles. The Morgan fingerprint density at radius 1 is 1.73 bits per heavy atom. The lowest BCUT2D eigenvalue weighted by molar-refractivity contribution is 0.101.